The van der Waals surface area contributed by atoms with Crippen molar-refractivity contribution in [1.29, 1.82) is 0 Å². The number of rotatable bonds is 3. The lowest BCUT2D eigenvalue weighted by molar-refractivity contribution is 0.678. The normalized spacial score (nSPS) is 11.3. The van der Waals surface area contributed by atoms with Crippen molar-refractivity contribution in [2.24, 2.45) is 0 Å². The standard InChI is InChI=1S/C18H16N4O/c1-13-19-20-18-21(12-11-14-7-3-2-4-8-14)17(23)15-9-5-6-10-16(15)22(13)18/h2-10H,11-12H2,1H3. The van der Waals surface area contributed by atoms with E-state index in [0.29, 0.717) is 17.7 Å². The summed E-state index contributed by atoms with van der Waals surface area (Å²) in [5.41, 5.74) is 2.03. The number of aromatic nitrogens is 4. The van der Waals surface area contributed by atoms with Gasteiger partial charge in [-0.3, -0.25) is 13.8 Å². The predicted molar refractivity (Wildman–Crippen MR) is 89.6 cm³/mol. The summed E-state index contributed by atoms with van der Waals surface area (Å²) in [6, 6.07) is 17.7. The van der Waals surface area contributed by atoms with E-state index in [-0.39, 0.29) is 5.56 Å². The lowest BCUT2D eigenvalue weighted by Crippen LogP contribution is -2.24. The first kappa shape index (κ1) is 13.7. The van der Waals surface area contributed by atoms with Crippen LogP contribution < -0.4 is 5.56 Å². The van der Waals surface area contributed by atoms with Gasteiger partial charge in [0.1, 0.15) is 5.82 Å². The second-order valence-corrected chi connectivity index (χ2v) is 5.59. The van der Waals surface area contributed by atoms with Gasteiger partial charge in [-0.1, -0.05) is 42.5 Å². The van der Waals surface area contributed by atoms with Crippen molar-refractivity contribution in [1.82, 2.24) is 19.2 Å². The Morgan fingerprint density at radius 2 is 1.70 bits per heavy atom. The number of nitrogens with zero attached hydrogens (tertiary/aromatic N) is 4. The highest BCUT2D eigenvalue weighted by Crippen LogP contribution is 2.14. The van der Waals surface area contributed by atoms with Crippen molar-refractivity contribution < 1.29 is 0 Å². The molecule has 4 rings (SSSR count). The van der Waals surface area contributed by atoms with Crippen LogP contribution in [0.25, 0.3) is 16.7 Å². The summed E-state index contributed by atoms with van der Waals surface area (Å²) in [4.78, 5) is 12.9. The minimum atomic E-state index is -0.0172. The maximum atomic E-state index is 12.9. The van der Waals surface area contributed by atoms with E-state index in [2.05, 4.69) is 22.3 Å². The first-order valence-electron chi connectivity index (χ1n) is 7.63. The Labute approximate surface area is 132 Å². The summed E-state index contributed by atoms with van der Waals surface area (Å²) in [5, 5.41) is 9.06. The smallest absolute Gasteiger partial charge is 0.262 e. The molecule has 0 atom stereocenters. The fraction of sp³-hybridized carbons (Fsp3) is 0.167. The van der Waals surface area contributed by atoms with E-state index < -0.39 is 0 Å². The van der Waals surface area contributed by atoms with Crippen LogP contribution in [0.5, 0.6) is 0 Å². The SMILES string of the molecule is Cc1nnc2n(CCc3ccccc3)c(=O)c3ccccc3n12. The third-order valence-corrected chi connectivity index (χ3v) is 4.14. The zero-order chi connectivity index (χ0) is 15.8. The third kappa shape index (κ3) is 2.21. The van der Waals surface area contributed by atoms with Crippen LogP contribution in [0.4, 0.5) is 0 Å². The Kier molecular flexibility index (Phi) is 3.19. The molecule has 0 saturated carbocycles. The van der Waals surface area contributed by atoms with Gasteiger partial charge in [0.25, 0.3) is 5.56 Å². The molecular formula is C18H16N4O. The minimum Gasteiger partial charge on any atom is -0.276 e. The molecule has 0 saturated heterocycles. The molecule has 0 unspecified atom stereocenters. The molecule has 0 aliphatic heterocycles. The first-order chi connectivity index (χ1) is 11.3. The summed E-state index contributed by atoms with van der Waals surface area (Å²) in [5.74, 6) is 1.38. The maximum absolute atomic E-state index is 12.9. The van der Waals surface area contributed by atoms with Gasteiger partial charge in [0.15, 0.2) is 0 Å². The number of hydrogen-bond donors (Lipinski definition) is 0. The monoisotopic (exact) mass is 304 g/mol. The van der Waals surface area contributed by atoms with Crippen LogP contribution in [0.1, 0.15) is 11.4 Å². The van der Waals surface area contributed by atoms with Gasteiger partial charge in [-0.2, -0.15) is 0 Å². The van der Waals surface area contributed by atoms with Gasteiger partial charge >= 0.3 is 0 Å². The second kappa shape index (κ2) is 5.35. The molecule has 2 aromatic carbocycles. The molecule has 5 nitrogen and oxygen atoms in total. The largest absolute Gasteiger partial charge is 0.276 e. The molecule has 0 aliphatic carbocycles. The maximum Gasteiger partial charge on any atom is 0.262 e. The molecule has 0 amide bonds. The van der Waals surface area contributed by atoms with Crippen molar-refractivity contribution in [3.63, 3.8) is 0 Å². The second-order valence-electron chi connectivity index (χ2n) is 5.59. The number of aryl methyl sites for hydroxylation is 3. The fourth-order valence-electron chi connectivity index (χ4n) is 2.98. The summed E-state index contributed by atoms with van der Waals surface area (Å²) in [6.07, 6.45) is 0.778. The van der Waals surface area contributed by atoms with E-state index >= 15 is 0 Å². The molecule has 114 valence electrons. The molecule has 0 N–H and O–H groups in total. The van der Waals surface area contributed by atoms with Crippen LogP contribution in [0.15, 0.2) is 59.4 Å². The number of para-hydroxylation sites is 1. The van der Waals surface area contributed by atoms with Crippen molar-refractivity contribution in [2.75, 3.05) is 0 Å². The van der Waals surface area contributed by atoms with E-state index in [9.17, 15) is 4.79 Å². The lowest BCUT2D eigenvalue weighted by atomic mass is 10.1. The van der Waals surface area contributed by atoms with Crippen molar-refractivity contribution in [3.05, 3.63) is 76.3 Å². The molecular weight excluding hydrogens is 288 g/mol. The summed E-state index contributed by atoms with van der Waals surface area (Å²) < 4.78 is 3.66. The Balaban J connectivity index is 1.91. The highest BCUT2D eigenvalue weighted by Gasteiger charge is 2.14. The van der Waals surface area contributed by atoms with Crippen LogP contribution in [-0.4, -0.2) is 19.2 Å². The first-order valence-corrected chi connectivity index (χ1v) is 7.63. The molecule has 0 spiro atoms. The van der Waals surface area contributed by atoms with Crippen LogP contribution in [0.3, 0.4) is 0 Å². The van der Waals surface area contributed by atoms with Gasteiger partial charge in [0.2, 0.25) is 5.78 Å². The number of hydrogen-bond acceptors (Lipinski definition) is 3. The van der Waals surface area contributed by atoms with Crippen LogP contribution in [-0.2, 0) is 13.0 Å². The summed E-state index contributed by atoms with van der Waals surface area (Å²) in [7, 11) is 0. The summed E-state index contributed by atoms with van der Waals surface area (Å²) in [6.45, 7) is 2.48. The lowest BCUT2D eigenvalue weighted by Gasteiger charge is -2.10. The Bertz CT molecular complexity index is 1050. The van der Waals surface area contributed by atoms with E-state index in [4.69, 9.17) is 0 Å². The molecule has 0 aliphatic rings. The van der Waals surface area contributed by atoms with Gasteiger partial charge in [-0.05, 0) is 31.0 Å². The number of benzene rings is 2. The van der Waals surface area contributed by atoms with E-state index in [1.54, 1.807) is 4.57 Å². The minimum absolute atomic E-state index is 0.0172. The topological polar surface area (TPSA) is 52.2 Å². The molecule has 2 heterocycles. The highest BCUT2D eigenvalue weighted by atomic mass is 16.1. The molecule has 4 aromatic rings. The van der Waals surface area contributed by atoms with Crippen LogP contribution in [0, 0.1) is 6.92 Å². The zero-order valence-corrected chi connectivity index (χ0v) is 12.8. The zero-order valence-electron chi connectivity index (χ0n) is 12.8. The highest BCUT2D eigenvalue weighted by molar-refractivity contribution is 5.80. The van der Waals surface area contributed by atoms with E-state index in [0.717, 1.165) is 17.8 Å². The fourth-order valence-corrected chi connectivity index (χ4v) is 2.98. The average Bonchev–Trinajstić information content (AvgIpc) is 2.97. The quantitative estimate of drug-likeness (QED) is 0.584. The van der Waals surface area contributed by atoms with Crippen LogP contribution >= 0.6 is 0 Å². The van der Waals surface area contributed by atoms with Crippen molar-refractivity contribution >= 4 is 16.7 Å². The van der Waals surface area contributed by atoms with E-state index in [1.165, 1.54) is 5.56 Å². The van der Waals surface area contributed by atoms with Crippen LogP contribution in [0.2, 0.25) is 0 Å². The Hall–Kier alpha value is -2.95. The average molecular weight is 304 g/mol. The molecule has 2 aromatic heterocycles. The molecule has 0 bridgehead atoms. The molecule has 0 fully saturated rings. The Morgan fingerprint density at radius 3 is 2.52 bits per heavy atom. The molecule has 23 heavy (non-hydrogen) atoms. The van der Waals surface area contributed by atoms with Gasteiger partial charge in [0, 0.05) is 6.54 Å². The molecule has 0 radical (unpaired) electrons. The Morgan fingerprint density at radius 1 is 0.957 bits per heavy atom. The predicted octanol–water partition coefficient (Wildman–Crippen LogP) is 2.60. The van der Waals surface area contributed by atoms with Gasteiger partial charge < -0.3 is 0 Å². The number of fused-ring (bicyclic) bond motifs is 3. The summed E-state index contributed by atoms with van der Waals surface area (Å²) >= 11 is 0. The third-order valence-electron chi connectivity index (χ3n) is 4.14. The van der Waals surface area contributed by atoms with Gasteiger partial charge in [-0.25, -0.2) is 0 Å². The van der Waals surface area contributed by atoms with E-state index in [1.807, 2.05) is 53.8 Å². The van der Waals surface area contributed by atoms with Crippen molar-refractivity contribution in [2.45, 2.75) is 19.9 Å². The molecule has 5 heteroatoms. The van der Waals surface area contributed by atoms with Gasteiger partial charge in [0.05, 0.1) is 10.9 Å². The van der Waals surface area contributed by atoms with Gasteiger partial charge in [-0.15, -0.1) is 10.2 Å². The van der Waals surface area contributed by atoms with Crippen molar-refractivity contribution in [3.8, 4) is 0 Å².